The van der Waals surface area contributed by atoms with Gasteiger partial charge < -0.3 is 20.1 Å². The maximum atomic E-state index is 12.2. The molecular formula is C16H20N2O7. The number of ketones is 1. The number of aliphatic hydroxyl groups is 3. The van der Waals surface area contributed by atoms with Gasteiger partial charge in [0.25, 0.3) is 5.56 Å². The lowest BCUT2D eigenvalue weighted by Gasteiger charge is -2.17. The molecule has 0 amide bonds. The molecule has 25 heavy (non-hydrogen) atoms. The minimum atomic E-state index is -1.62. The second-order valence-corrected chi connectivity index (χ2v) is 5.72. The predicted octanol–water partition coefficient (Wildman–Crippen LogP) is -1.74. The van der Waals surface area contributed by atoms with E-state index in [1.807, 2.05) is 4.98 Å². The molecule has 1 unspecified atom stereocenters. The van der Waals surface area contributed by atoms with Gasteiger partial charge in [-0.2, -0.15) is 0 Å². The molecule has 0 bridgehead atoms. The average molecular weight is 352 g/mol. The number of nitrogens with zero attached hydrogens (tertiary/aromatic N) is 1. The molecule has 1 saturated heterocycles. The van der Waals surface area contributed by atoms with E-state index in [0.29, 0.717) is 6.42 Å². The van der Waals surface area contributed by atoms with Gasteiger partial charge in [0.2, 0.25) is 0 Å². The number of rotatable bonds is 5. The molecule has 136 valence electrons. The number of aromatic nitrogens is 2. The van der Waals surface area contributed by atoms with E-state index in [4.69, 9.17) is 4.74 Å². The quantitative estimate of drug-likeness (QED) is 0.461. The van der Waals surface area contributed by atoms with Gasteiger partial charge in [0.15, 0.2) is 12.0 Å². The fraction of sp³-hybridized carbons (Fsp3) is 0.562. The zero-order valence-corrected chi connectivity index (χ0v) is 13.8. The largest absolute Gasteiger partial charge is 0.387 e. The average Bonchev–Trinajstić information content (AvgIpc) is 2.85. The molecule has 0 saturated carbocycles. The van der Waals surface area contributed by atoms with Crippen LogP contribution in [0, 0.1) is 11.8 Å². The number of carbonyl (C=O) groups is 1. The van der Waals surface area contributed by atoms with E-state index < -0.39 is 47.7 Å². The summed E-state index contributed by atoms with van der Waals surface area (Å²) in [6.45, 7) is 3.28. The van der Waals surface area contributed by atoms with Crippen molar-refractivity contribution in [3.8, 4) is 11.8 Å². The third kappa shape index (κ3) is 3.72. The summed E-state index contributed by atoms with van der Waals surface area (Å²) in [4.78, 5) is 37.9. The molecule has 0 aromatic carbocycles. The van der Waals surface area contributed by atoms with Crippen molar-refractivity contribution in [2.75, 3.05) is 0 Å². The Hall–Kier alpha value is -2.25. The molecule has 9 nitrogen and oxygen atoms in total. The Morgan fingerprint density at radius 3 is 2.68 bits per heavy atom. The number of ether oxygens (including phenoxy) is 1. The van der Waals surface area contributed by atoms with Crippen molar-refractivity contribution in [1.29, 1.82) is 0 Å². The second kappa shape index (κ2) is 7.76. The molecule has 0 spiro atoms. The van der Waals surface area contributed by atoms with E-state index in [9.17, 15) is 29.7 Å². The zero-order chi connectivity index (χ0) is 18.7. The van der Waals surface area contributed by atoms with Gasteiger partial charge in [0.05, 0.1) is 0 Å². The minimum Gasteiger partial charge on any atom is -0.387 e. The van der Waals surface area contributed by atoms with Crippen LogP contribution in [0.3, 0.4) is 0 Å². The summed E-state index contributed by atoms with van der Waals surface area (Å²) in [5.41, 5.74) is -1.62. The first-order chi connectivity index (χ1) is 11.8. The van der Waals surface area contributed by atoms with Crippen molar-refractivity contribution >= 4 is 5.78 Å². The fourth-order valence-corrected chi connectivity index (χ4v) is 2.63. The second-order valence-electron chi connectivity index (χ2n) is 5.72. The molecule has 2 heterocycles. The van der Waals surface area contributed by atoms with E-state index in [1.54, 1.807) is 6.92 Å². The lowest BCUT2D eigenvalue weighted by atomic mass is 10.0. The van der Waals surface area contributed by atoms with Crippen molar-refractivity contribution in [2.24, 2.45) is 0 Å². The fourth-order valence-electron chi connectivity index (χ4n) is 2.63. The highest BCUT2D eigenvalue weighted by atomic mass is 16.6. The molecule has 1 aliphatic rings. The first-order valence-corrected chi connectivity index (χ1v) is 7.83. The van der Waals surface area contributed by atoms with Crippen LogP contribution in [-0.4, -0.2) is 55.1 Å². The van der Waals surface area contributed by atoms with Gasteiger partial charge in [-0.25, -0.2) is 4.79 Å². The van der Waals surface area contributed by atoms with Crippen molar-refractivity contribution in [3.05, 3.63) is 32.6 Å². The number of nitrogens with one attached hydrogen (secondary N) is 1. The first-order valence-electron chi connectivity index (χ1n) is 7.83. The zero-order valence-electron chi connectivity index (χ0n) is 13.8. The van der Waals surface area contributed by atoms with Gasteiger partial charge in [0.1, 0.15) is 30.0 Å². The SMILES string of the molecule is CC#Cc1cn([C@@H]2O[C@H](C(=O)C(O)CCC)[C@@H](O)[C@@H]2O)c(=O)[nH]c1=O. The summed E-state index contributed by atoms with van der Waals surface area (Å²) in [6.07, 6.45) is -5.64. The Kier molecular flexibility index (Phi) is 5.92. The van der Waals surface area contributed by atoms with Crippen LogP contribution in [-0.2, 0) is 9.53 Å². The highest BCUT2D eigenvalue weighted by Gasteiger charge is 2.48. The number of hydrogen-bond donors (Lipinski definition) is 4. The number of H-pyrrole nitrogens is 1. The third-order valence-electron chi connectivity index (χ3n) is 3.91. The lowest BCUT2D eigenvalue weighted by Crippen LogP contribution is -2.41. The van der Waals surface area contributed by atoms with Gasteiger partial charge in [-0.05, 0) is 13.3 Å². The van der Waals surface area contributed by atoms with Crippen molar-refractivity contribution in [3.63, 3.8) is 0 Å². The summed E-state index contributed by atoms with van der Waals surface area (Å²) in [7, 11) is 0. The molecule has 1 fully saturated rings. The van der Waals surface area contributed by atoms with Crippen LogP contribution in [0.25, 0.3) is 0 Å². The predicted molar refractivity (Wildman–Crippen MR) is 85.7 cm³/mol. The summed E-state index contributed by atoms with van der Waals surface area (Å²) in [5, 5.41) is 30.0. The van der Waals surface area contributed by atoms with E-state index in [0.717, 1.165) is 10.8 Å². The van der Waals surface area contributed by atoms with Crippen LogP contribution in [0.4, 0.5) is 0 Å². The standard InChI is InChI=1S/C16H20N2O7/c1-3-5-8-7-18(16(24)17-14(8)23)15-12(22)11(21)13(25-15)10(20)9(19)6-4-2/h7,9,11-13,15,19,21-22H,4,6H2,1-2H3,(H,17,23,24)/t9?,11-,12-,13+,15+/m0/s1. The molecule has 9 heteroatoms. The number of hydrogen-bond acceptors (Lipinski definition) is 7. The Labute approximate surface area is 142 Å². The number of Topliss-reactive ketones (excluding diaryl/α,β-unsaturated/α-hetero) is 1. The molecule has 5 atom stereocenters. The van der Waals surface area contributed by atoms with E-state index in [-0.39, 0.29) is 12.0 Å². The summed E-state index contributed by atoms with van der Waals surface area (Å²) in [6, 6.07) is 0. The topological polar surface area (TPSA) is 142 Å². The minimum absolute atomic E-state index is 0.0341. The smallest absolute Gasteiger partial charge is 0.330 e. The number of aromatic amines is 1. The first kappa shape index (κ1) is 19.1. The molecule has 2 rings (SSSR count). The van der Waals surface area contributed by atoms with Gasteiger partial charge in [0, 0.05) is 6.20 Å². The van der Waals surface area contributed by atoms with Gasteiger partial charge >= 0.3 is 5.69 Å². The van der Waals surface area contributed by atoms with Crippen LogP contribution in [0.15, 0.2) is 15.8 Å². The highest BCUT2D eigenvalue weighted by Crippen LogP contribution is 2.29. The van der Waals surface area contributed by atoms with Gasteiger partial charge in [-0.15, -0.1) is 5.92 Å². The number of carbonyl (C=O) groups excluding carboxylic acids is 1. The van der Waals surface area contributed by atoms with Crippen molar-refractivity contribution < 1.29 is 24.9 Å². The molecule has 4 N–H and O–H groups in total. The van der Waals surface area contributed by atoms with Crippen LogP contribution in [0.2, 0.25) is 0 Å². The molecule has 0 radical (unpaired) electrons. The van der Waals surface area contributed by atoms with E-state index in [1.165, 1.54) is 6.92 Å². The summed E-state index contributed by atoms with van der Waals surface area (Å²) < 4.78 is 6.19. The number of aliphatic hydroxyl groups excluding tert-OH is 3. The highest BCUT2D eigenvalue weighted by molar-refractivity contribution is 5.88. The Balaban J connectivity index is 2.36. The monoisotopic (exact) mass is 352 g/mol. The Morgan fingerprint density at radius 1 is 1.40 bits per heavy atom. The van der Waals surface area contributed by atoms with Crippen molar-refractivity contribution in [1.82, 2.24) is 9.55 Å². The van der Waals surface area contributed by atoms with Crippen LogP contribution >= 0.6 is 0 Å². The maximum Gasteiger partial charge on any atom is 0.330 e. The van der Waals surface area contributed by atoms with Crippen LogP contribution in [0.1, 0.15) is 38.5 Å². The molecule has 1 aromatic heterocycles. The van der Waals surface area contributed by atoms with Crippen LogP contribution < -0.4 is 11.2 Å². The third-order valence-corrected chi connectivity index (χ3v) is 3.91. The van der Waals surface area contributed by atoms with Crippen molar-refractivity contribution in [2.45, 2.75) is 57.3 Å². The Morgan fingerprint density at radius 2 is 2.08 bits per heavy atom. The summed E-state index contributed by atoms with van der Waals surface area (Å²) >= 11 is 0. The van der Waals surface area contributed by atoms with E-state index >= 15 is 0 Å². The van der Waals surface area contributed by atoms with E-state index in [2.05, 4.69) is 11.8 Å². The van der Waals surface area contributed by atoms with Crippen LogP contribution in [0.5, 0.6) is 0 Å². The molecule has 1 aliphatic heterocycles. The van der Waals surface area contributed by atoms with Gasteiger partial charge in [-0.3, -0.25) is 19.1 Å². The summed E-state index contributed by atoms with van der Waals surface area (Å²) in [5.74, 6) is 4.24. The van der Waals surface area contributed by atoms with Gasteiger partial charge in [-0.1, -0.05) is 19.3 Å². The molecule has 0 aliphatic carbocycles. The molecular weight excluding hydrogens is 332 g/mol. The normalized spacial score (nSPS) is 26.8. The Bertz CT molecular complexity index is 816. The lowest BCUT2D eigenvalue weighted by molar-refractivity contribution is -0.144. The molecule has 1 aromatic rings. The maximum absolute atomic E-state index is 12.2.